The molecule has 0 fully saturated rings. The summed E-state index contributed by atoms with van der Waals surface area (Å²) in [4.78, 5) is 27.9. The van der Waals surface area contributed by atoms with E-state index in [1.54, 1.807) is 26.2 Å². The molecule has 0 N–H and O–H groups in total. The third-order valence-corrected chi connectivity index (χ3v) is 3.87. The number of esters is 1. The number of carbonyl (C=O) groups is 2. The Hall–Kier alpha value is -1.95. The second-order valence-electron chi connectivity index (χ2n) is 4.18. The number of thiazole rings is 1. The van der Waals surface area contributed by atoms with Crippen molar-refractivity contribution in [3.8, 4) is 5.75 Å². The standard InChI is InChI=1S/C14H15NO4S/c1-4-19-14(17)12(8(2)16)13-15-10-6-5-9(18-3)7-11(10)20-13/h5-7,12H,4H2,1-3H3. The Kier molecular flexibility index (Phi) is 4.34. The van der Waals surface area contributed by atoms with Gasteiger partial charge < -0.3 is 9.47 Å². The monoisotopic (exact) mass is 293 g/mol. The second kappa shape index (κ2) is 6.00. The van der Waals surface area contributed by atoms with Crippen molar-refractivity contribution in [2.75, 3.05) is 13.7 Å². The summed E-state index contributed by atoms with van der Waals surface area (Å²) in [6.45, 7) is 3.31. The minimum absolute atomic E-state index is 0.237. The van der Waals surface area contributed by atoms with Gasteiger partial charge in [-0.25, -0.2) is 4.98 Å². The number of Topliss-reactive ketones (excluding diaryl/α,β-unsaturated/α-hetero) is 1. The molecule has 1 heterocycles. The molecule has 0 aliphatic rings. The number of methoxy groups -OCH3 is 1. The van der Waals surface area contributed by atoms with Crippen LogP contribution in [0.2, 0.25) is 0 Å². The van der Waals surface area contributed by atoms with Crippen molar-refractivity contribution >= 4 is 33.3 Å². The SMILES string of the molecule is CCOC(=O)C(C(C)=O)c1nc2ccc(OC)cc2s1. The second-order valence-corrected chi connectivity index (χ2v) is 5.24. The summed E-state index contributed by atoms with van der Waals surface area (Å²) < 4.78 is 11.0. The van der Waals surface area contributed by atoms with Crippen LogP contribution < -0.4 is 4.74 Å². The van der Waals surface area contributed by atoms with E-state index in [1.807, 2.05) is 6.07 Å². The number of ketones is 1. The molecule has 5 nitrogen and oxygen atoms in total. The van der Waals surface area contributed by atoms with Gasteiger partial charge >= 0.3 is 5.97 Å². The van der Waals surface area contributed by atoms with Gasteiger partial charge in [-0.15, -0.1) is 11.3 Å². The molecule has 1 aromatic heterocycles. The Bertz CT molecular complexity index is 650. The topological polar surface area (TPSA) is 65.5 Å². The van der Waals surface area contributed by atoms with E-state index >= 15 is 0 Å². The molecule has 0 amide bonds. The molecule has 0 saturated heterocycles. The quantitative estimate of drug-likeness (QED) is 0.626. The first kappa shape index (κ1) is 14.5. The van der Waals surface area contributed by atoms with E-state index in [9.17, 15) is 9.59 Å². The molecule has 1 unspecified atom stereocenters. The Morgan fingerprint density at radius 2 is 2.15 bits per heavy atom. The summed E-state index contributed by atoms with van der Waals surface area (Å²) in [6.07, 6.45) is 0. The van der Waals surface area contributed by atoms with Crippen LogP contribution in [-0.2, 0) is 14.3 Å². The van der Waals surface area contributed by atoms with Crippen molar-refractivity contribution in [2.24, 2.45) is 0 Å². The third kappa shape index (κ3) is 2.80. The highest BCUT2D eigenvalue weighted by atomic mass is 32.1. The van der Waals surface area contributed by atoms with E-state index in [-0.39, 0.29) is 12.4 Å². The van der Waals surface area contributed by atoms with Crippen LogP contribution in [0.3, 0.4) is 0 Å². The highest BCUT2D eigenvalue weighted by Gasteiger charge is 2.30. The number of fused-ring (bicyclic) bond motifs is 1. The largest absolute Gasteiger partial charge is 0.497 e. The van der Waals surface area contributed by atoms with Crippen LogP contribution in [0.1, 0.15) is 24.8 Å². The lowest BCUT2D eigenvalue weighted by Crippen LogP contribution is -2.22. The van der Waals surface area contributed by atoms with Gasteiger partial charge in [-0.1, -0.05) is 0 Å². The lowest BCUT2D eigenvalue weighted by Gasteiger charge is -2.09. The van der Waals surface area contributed by atoms with Gasteiger partial charge in [0.1, 0.15) is 10.8 Å². The summed E-state index contributed by atoms with van der Waals surface area (Å²) in [5.74, 6) is -1.05. The van der Waals surface area contributed by atoms with Gasteiger partial charge in [0.2, 0.25) is 0 Å². The molecule has 1 aromatic carbocycles. The Balaban J connectivity index is 2.43. The van der Waals surface area contributed by atoms with E-state index < -0.39 is 11.9 Å². The predicted molar refractivity (Wildman–Crippen MR) is 76.2 cm³/mol. The number of carbonyl (C=O) groups excluding carboxylic acids is 2. The fourth-order valence-electron chi connectivity index (χ4n) is 1.84. The molecule has 0 bridgehead atoms. The van der Waals surface area contributed by atoms with Crippen LogP contribution in [0.15, 0.2) is 18.2 Å². The van der Waals surface area contributed by atoms with Gasteiger partial charge in [0.05, 0.1) is 23.9 Å². The van der Waals surface area contributed by atoms with E-state index in [4.69, 9.17) is 9.47 Å². The number of aromatic nitrogens is 1. The van der Waals surface area contributed by atoms with Crippen LogP contribution in [0.5, 0.6) is 5.75 Å². The van der Waals surface area contributed by atoms with E-state index in [0.717, 1.165) is 10.2 Å². The van der Waals surface area contributed by atoms with Gasteiger partial charge in [0, 0.05) is 0 Å². The molecule has 20 heavy (non-hydrogen) atoms. The predicted octanol–water partition coefficient (Wildman–Crippen LogP) is 2.54. The van der Waals surface area contributed by atoms with Crippen LogP contribution >= 0.6 is 11.3 Å². The lowest BCUT2D eigenvalue weighted by atomic mass is 10.1. The fourth-order valence-corrected chi connectivity index (χ4v) is 2.98. The minimum Gasteiger partial charge on any atom is -0.497 e. The van der Waals surface area contributed by atoms with Gasteiger partial charge in [-0.05, 0) is 32.0 Å². The Morgan fingerprint density at radius 3 is 2.75 bits per heavy atom. The fraction of sp³-hybridized carbons (Fsp3) is 0.357. The molecule has 0 aliphatic heterocycles. The van der Waals surface area contributed by atoms with E-state index in [0.29, 0.717) is 10.8 Å². The molecule has 0 saturated carbocycles. The van der Waals surface area contributed by atoms with Gasteiger partial charge in [0.25, 0.3) is 0 Å². The minimum atomic E-state index is -0.946. The maximum atomic E-state index is 11.9. The maximum Gasteiger partial charge on any atom is 0.323 e. The molecular formula is C14H15NO4S. The molecule has 0 radical (unpaired) electrons. The van der Waals surface area contributed by atoms with Crippen LogP contribution in [0.25, 0.3) is 10.2 Å². The number of hydrogen-bond donors (Lipinski definition) is 0. The van der Waals surface area contributed by atoms with E-state index in [1.165, 1.54) is 18.3 Å². The highest BCUT2D eigenvalue weighted by molar-refractivity contribution is 7.18. The van der Waals surface area contributed by atoms with Crippen molar-refractivity contribution in [1.29, 1.82) is 0 Å². The Morgan fingerprint density at radius 1 is 1.40 bits per heavy atom. The van der Waals surface area contributed by atoms with Gasteiger partial charge in [0.15, 0.2) is 11.7 Å². The van der Waals surface area contributed by atoms with Crippen LogP contribution in [0.4, 0.5) is 0 Å². The summed E-state index contributed by atoms with van der Waals surface area (Å²) in [5, 5.41) is 0.458. The molecular weight excluding hydrogens is 278 g/mol. The average Bonchev–Trinajstić information content (AvgIpc) is 2.80. The first-order chi connectivity index (χ1) is 9.56. The molecule has 106 valence electrons. The van der Waals surface area contributed by atoms with Gasteiger partial charge in [-0.3, -0.25) is 9.59 Å². The third-order valence-electron chi connectivity index (χ3n) is 2.79. The Labute approximate surface area is 120 Å². The molecule has 0 spiro atoms. The van der Waals surface area contributed by atoms with Crippen molar-refractivity contribution < 1.29 is 19.1 Å². The maximum absolute atomic E-state index is 11.9. The van der Waals surface area contributed by atoms with Crippen LogP contribution in [0, 0.1) is 0 Å². The molecule has 0 aliphatic carbocycles. The smallest absolute Gasteiger partial charge is 0.323 e. The number of benzene rings is 1. The molecule has 6 heteroatoms. The summed E-state index contributed by atoms with van der Waals surface area (Å²) in [7, 11) is 1.58. The number of nitrogens with zero attached hydrogens (tertiary/aromatic N) is 1. The van der Waals surface area contributed by atoms with E-state index in [2.05, 4.69) is 4.98 Å². The first-order valence-corrected chi connectivity index (χ1v) is 7.00. The zero-order valence-corrected chi connectivity index (χ0v) is 12.3. The van der Waals surface area contributed by atoms with Crippen molar-refractivity contribution in [1.82, 2.24) is 4.98 Å². The molecule has 2 aromatic rings. The first-order valence-electron chi connectivity index (χ1n) is 6.18. The summed E-state index contributed by atoms with van der Waals surface area (Å²) in [5.41, 5.74) is 0.737. The molecule has 1 atom stereocenters. The van der Waals surface area contributed by atoms with Crippen molar-refractivity contribution in [2.45, 2.75) is 19.8 Å². The van der Waals surface area contributed by atoms with Crippen molar-refractivity contribution in [3.05, 3.63) is 23.2 Å². The van der Waals surface area contributed by atoms with Crippen molar-refractivity contribution in [3.63, 3.8) is 0 Å². The zero-order chi connectivity index (χ0) is 14.7. The van der Waals surface area contributed by atoms with Gasteiger partial charge in [-0.2, -0.15) is 0 Å². The number of rotatable bonds is 5. The summed E-state index contributed by atoms with van der Waals surface area (Å²) in [6, 6.07) is 5.42. The average molecular weight is 293 g/mol. The lowest BCUT2D eigenvalue weighted by molar-refractivity contribution is -0.147. The van der Waals surface area contributed by atoms with Crippen LogP contribution in [-0.4, -0.2) is 30.5 Å². The summed E-state index contributed by atoms with van der Waals surface area (Å²) >= 11 is 1.30. The normalized spacial score (nSPS) is 12.2. The molecule has 2 rings (SSSR count). The number of hydrogen-bond acceptors (Lipinski definition) is 6. The number of ether oxygens (including phenoxy) is 2. The highest BCUT2D eigenvalue weighted by Crippen LogP contribution is 2.31. The zero-order valence-electron chi connectivity index (χ0n) is 11.5.